The zero-order valence-electron chi connectivity index (χ0n) is 8.05. The molecule has 0 radical (unpaired) electrons. The number of hydrogen-bond donors (Lipinski definition) is 1. The standard InChI is InChI=1S/C11H16O2/c1-2-3-4-5-6-7-8-9-10-11(12)13/h7-8H,2-6H2,1H3,(H,12,13). The Hall–Kier alpha value is -1.23. The first-order valence-corrected chi connectivity index (χ1v) is 4.67. The molecule has 0 saturated carbocycles. The van der Waals surface area contributed by atoms with Crippen molar-refractivity contribution in [3.63, 3.8) is 0 Å². The number of rotatable bonds is 5. The largest absolute Gasteiger partial charge is 0.472 e. The van der Waals surface area contributed by atoms with Crippen LogP contribution in [0.3, 0.4) is 0 Å². The summed E-state index contributed by atoms with van der Waals surface area (Å²) in [7, 11) is 0. The summed E-state index contributed by atoms with van der Waals surface area (Å²) in [5.41, 5.74) is 0. The summed E-state index contributed by atoms with van der Waals surface area (Å²) in [5, 5.41) is 8.18. The van der Waals surface area contributed by atoms with Crippen LogP contribution in [0.5, 0.6) is 0 Å². The average Bonchev–Trinajstić information content (AvgIpc) is 2.09. The second-order valence-electron chi connectivity index (χ2n) is 2.83. The van der Waals surface area contributed by atoms with E-state index >= 15 is 0 Å². The van der Waals surface area contributed by atoms with Crippen molar-refractivity contribution in [2.45, 2.75) is 39.0 Å². The van der Waals surface area contributed by atoms with Crippen LogP contribution in [0.4, 0.5) is 0 Å². The molecule has 13 heavy (non-hydrogen) atoms. The maximum Gasteiger partial charge on any atom is 0.382 e. The summed E-state index contributed by atoms with van der Waals surface area (Å²) in [4.78, 5) is 9.97. The highest BCUT2D eigenvalue weighted by Gasteiger charge is 1.83. The van der Waals surface area contributed by atoms with Crippen molar-refractivity contribution in [3.05, 3.63) is 12.2 Å². The number of unbranched alkanes of at least 4 members (excludes halogenated alkanes) is 4. The summed E-state index contributed by atoms with van der Waals surface area (Å²) in [5.74, 6) is 3.40. The van der Waals surface area contributed by atoms with Crippen LogP contribution in [0.1, 0.15) is 39.0 Å². The lowest BCUT2D eigenvalue weighted by Gasteiger charge is -1.92. The summed E-state index contributed by atoms with van der Waals surface area (Å²) in [6.07, 6.45) is 9.45. The fourth-order valence-electron chi connectivity index (χ4n) is 0.935. The fraction of sp³-hybridized carbons (Fsp3) is 0.545. The summed E-state index contributed by atoms with van der Waals surface area (Å²) >= 11 is 0. The van der Waals surface area contributed by atoms with E-state index in [1.54, 1.807) is 6.08 Å². The molecule has 0 rings (SSSR count). The van der Waals surface area contributed by atoms with Gasteiger partial charge in [0.1, 0.15) is 0 Å². The van der Waals surface area contributed by atoms with Crippen molar-refractivity contribution < 1.29 is 9.90 Å². The predicted octanol–water partition coefficient (Wildman–Crippen LogP) is 2.60. The summed E-state index contributed by atoms with van der Waals surface area (Å²) < 4.78 is 0. The van der Waals surface area contributed by atoms with Crippen LogP contribution in [0.25, 0.3) is 0 Å². The number of carbonyl (C=O) groups is 1. The van der Waals surface area contributed by atoms with Crippen LogP contribution >= 0.6 is 0 Å². The Morgan fingerprint density at radius 1 is 1.38 bits per heavy atom. The van der Waals surface area contributed by atoms with Gasteiger partial charge in [0.05, 0.1) is 0 Å². The summed E-state index contributed by atoms with van der Waals surface area (Å²) in [6.45, 7) is 2.17. The second-order valence-corrected chi connectivity index (χ2v) is 2.83. The molecule has 0 saturated heterocycles. The first-order chi connectivity index (χ1) is 6.27. The quantitative estimate of drug-likeness (QED) is 0.521. The molecule has 0 aliphatic heterocycles. The molecular formula is C11H16O2. The van der Waals surface area contributed by atoms with Gasteiger partial charge in [-0.2, -0.15) is 0 Å². The first-order valence-electron chi connectivity index (χ1n) is 4.67. The highest BCUT2D eigenvalue weighted by atomic mass is 16.4. The van der Waals surface area contributed by atoms with Gasteiger partial charge in [0.25, 0.3) is 0 Å². The van der Waals surface area contributed by atoms with E-state index < -0.39 is 5.97 Å². The number of hydrogen-bond acceptors (Lipinski definition) is 1. The van der Waals surface area contributed by atoms with Gasteiger partial charge in [0.2, 0.25) is 0 Å². The normalized spacial score (nSPS) is 9.62. The molecule has 0 aromatic heterocycles. The smallest absolute Gasteiger partial charge is 0.382 e. The van der Waals surface area contributed by atoms with Crippen LogP contribution in [-0.2, 0) is 4.79 Å². The SMILES string of the molecule is CCCCCCC=CC#CC(=O)O. The van der Waals surface area contributed by atoms with Crippen molar-refractivity contribution in [2.75, 3.05) is 0 Å². The van der Waals surface area contributed by atoms with Gasteiger partial charge in [-0.15, -0.1) is 0 Å². The second kappa shape index (κ2) is 8.86. The molecule has 2 heteroatoms. The van der Waals surface area contributed by atoms with E-state index in [0.717, 1.165) is 6.42 Å². The molecule has 0 amide bonds. The van der Waals surface area contributed by atoms with Gasteiger partial charge in [-0.25, -0.2) is 4.79 Å². The van der Waals surface area contributed by atoms with E-state index in [-0.39, 0.29) is 0 Å². The Morgan fingerprint density at radius 3 is 2.77 bits per heavy atom. The van der Waals surface area contributed by atoms with E-state index in [9.17, 15) is 4.79 Å². The minimum Gasteiger partial charge on any atom is -0.472 e. The molecule has 0 aliphatic carbocycles. The van der Waals surface area contributed by atoms with Gasteiger partial charge >= 0.3 is 5.97 Å². The maximum absolute atomic E-state index is 9.97. The fourth-order valence-corrected chi connectivity index (χ4v) is 0.935. The molecule has 0 unspecified atom stereocenters. The highest BCUT2D eigenvalue weighted by Crippen LogP contribution is 2.02. The molecule has 0 aromatic carbocycles. The zero-order chi connectivity index (χ0) is 9.94. The van der Waals surface area contributed by atoms with Crippen LogP contribution in [0.15, 0.2) is 12.2 Å². The Balaban J connectivity index is 3.33. The topological polar surface area (TPSA) is 37.3 Å². The Kier molecular flexibility index (Phi) is 8.02. The lowest BCUT2D eigenvalue weighted by atomic mass is 10.1. The molecule has 1 N–H and O–H groups in total. The van der Waals surface area contributed by atoms with Gasteiger partial charge in [0, 0.05) is 5.92 Å². The van der Waals surface area contributed by atoms with E-state index in [0.29, 0.717) is 0 Å². The van der Waals surface area contributed by atoms with Crippen molar-refractivity contribution in [1.29, 1.82) is 0 Å². The predicted molar refractivity (Wildman–Crippen MR) is 53.3 cm³/mol. The van der Waals surface area contributed by atoms with Crippen molar-refractivity contribution in [2.24, 2.45) is 0 Å². The molecule has 0 spiro atoms. The monoisotopic (exact) mass is 180 g/mol. The zero-order valence-corrected chi connectivity index (χ0v) is 8.05. The number of allylic oxidation sites excluding steroid dienone is 2. The van der Waals surface area contributed by atoms with E-state index in [4.69, 9.17) is 5.11 Å². The van der Waals surface area contributed by atoms with Crippen LogP contribution < -0.4 is 0 Å². The third kappa shape index (κ3) is 10.8. The first kappa shape index (κ1) is 11.8. The Labute approximate surface area is 79.7 Å². The van der Waals surface area contributed by atoms with Gasteiger partial charge in [0.15, 0.2) is 0 Å². The van der Waals surface area contributed by atoms with Gasteiger partial charge in [-0.05, 0) is 18.9 Å². The third-order valence-corrected chi connectivity index (χ3v) is 1.60. The molecule has 72 valence electrons. The molecule has 2 nitrogen and oxygen atoms in total. The van der Waals surface area contributed by atoms with Crippen molar-refractivity contribution in [1.82, 2.24) is 0 Å². The number of carboxylic acids is 1. The third-order valence-electron chi connectivity index (χ3n) is 1.60. The molecule has 0 bridgehead atoms. The van der Waals surface area contributed by atoms with Crippen molar-refractivity contribution >= 4 is 5.97 Å². The van der Waals surface area contributed by atoms with Gasteiger partial charge < -0.3 is 5.11 Å². The van der Waals surface area contributed by atoms with Crippen LogP contribution in [-0.4, -0.2) is 11.1 Å². The molecule has 0 atom stereocenters. The highest BCUT2D eigenvalue weighted by molar-refractivity contribution is 5.86. The van der Waals surface area contributed by atoms with E-state index in [1.807, 2.05) is 12.0 Å². The molecule has 0 aromatic rings. The number of aliphatic carboxylic acids is 1. The summed E-state index contributed by atoms with van der Waals surface area (Å²) in [6, 6.07) is 0. The minimum absolute atomic E-state index is 0.994. The molecule has 0 fully saturated rings. The molecule has 0 aliphatic rings. The van der Waals surface area contributed by atoms with Crippen LogP contribution in [0, 0.1) is 11.8 Å². The Morgan fingerprint density at radius 2 is 2.15 bits per heavy atom. The van der Waals surface area contributed by atoms with Crippen molar-refractivity contribution in [3.8, 4) is 11.8 Å². The van der Waals surface area contributed by atoms with Crippen LogP contribution in [0.2, 0.25) is 0 Å². The lowest BCUT2D eigenvalue weighted by molar-refractivity contribution is -0.130. The maximum atomic E-state index is 9.97. The number of carboxylic acid groups (broad SMARTS) is 1. The van der Waals surface area contributed by atoms with Gasteiger partial charge in [-0.1, -0.05) is 38.2 Å². The van der Waals surface area contributed by atoms with E-state index in [1.165, 1.54) is 25.7 Å². The molecule has 0 heterocycles. The molecular weight excluding hydrogens is 164 g/mol. The van der Waals surface area contributed by atoms with E-state index in [2.05, 4.69) is 12.8 Å². The average molecular weight is 180 g/mol. The minimum atomic E-state index is -1.07. The lowest BCUT2D eigenvalue weighted by Crippen LogP contribution is -1.85. The van der Waals surface area contributed by atoms with Gasteiger partial charge in [-0.3, -0.25) is 0 Å². The Bertz CT molecular complexity index is 218.